The van der Waals surface area contributed by atoms with Gasteiger partial charge in [-0.05, 0) is 42.5 Å². The van der Waals surface area contributed by atoms with Crippen LogP contribution < -0.4 is 10.9 Å². The number of nitrogens with one attached hydrogen (secondary N) is 1. The van der Waals surface area contributed by atoms with Gasteiger partial charge in [0, 0.05) is 11.7 Å². The predicted molar refractivity (Wildman–Crippen MR) is 123 cm³/mol. The smallest absolute Gasteiger partial charge is 0.262 e. The van der Waals surface area contributed by atoms with Crippen molar-refractivity contribution < 1.29 is 4.79 Å². The molecule has 30 heavy (non-hydrogen) atoms. The minimum atomic E-state index is -0.106. The number of carbonyl (C=O) groups excluding carboxylic acids is 1. The molecule has 5 nitrogen and oxygen atoms in total. The first-order chi connectivity index (χ1) is 14.5. The molecule has 3 atom stereocenters. The lowest BCUT2D eigenvalue weighted by Crippen LogP contribution is -2.35. The number of hydrogen-bond acceptors (Lipinski definition) is 4. The Bertz CT molecular complexity index is 1100. The van der Waals surface area contributed by atoms with Crippen molar-refractivity contribution in [1.82, 2.24) is 9.55 Å². The number of hydrogen-bond donors (Lipinski definition) is 1. The first-order valence-corrected chi connectivity index (χ1v) is 11.5. The van der Waals surface area contributed by atoms with Crippen molar-refractivity contribution in [3.63, 3.8) is 0 Å². The van der Waals surface area contributed by atoms with Crippen molar-refractivity contribution in [1.29, 1.82) is 0 Å². The molecule has 6 heteroatoms. The zero-order valence-corrected chi connectivity index (χ0v) is 18.2. The van der Waals surface area contributed by atoms with E-state index < -0.39 is 0 Å². The molecule has 156 valence electrons. The molecule has 1 aliphatic rings. The number of benzene rings is 2. The van der Waals surface area contributed by atoms with Gasteiger partial charge in [0.15, 0.2) is 5.16 Å². The summed E-state index contributed by atoms with van der Waals surface area (Å²) in [6.45, 7) is 4.49. The van der Waals surface area contributed by atoms with Gasteiger partial charge in [-0.15, -0.1) is 0 Å². The van der Waals surface area contributed by atoms with Crippen LogP contribution in [0.1, 0.15) is 39.2 Å². The van der Waals surface area contributed by atoms with Crippen LogP contribution in [0.2, 0.25) is 0 Å². The lowest BCUT2D eigenvalue weighted by molar-refractivity contribution is -0.113. The van der Waals surface area contributed by atoms with Gasteiger partial charge in [0.1, 0.15) is 0 Å². The van der Waals surface area contributed by atoms with Crippen LogP contribution in [-0.4, -0.2) is 21.2 Å². The Kier molecular flexibility index (Phi) is 6.23. The van der Waals surface area contributed by atoms with E-state index in [0.717, 1.165) is 18.5 Å². The quantitative estimate of drug-likeness (QED) is 0.458. The Morgan fingerprint density at radius 2 is 1.83 bits per heavy atom. The summed E-state index contributed by atoms with van der Waals surface area (Å²) in [5.74, 6) is 1.04. The lowest BCUT2D eigenvalue weighted by Gasteiger charge is -2.36. The van der Waals surface area contributed by atoms with Crippen LogP contribution in [0, 0.1) is 11.8 Å². The van der Waals surface area contributed by atoms with E-state index in [1.807, 2.05) is 59.2 Å². The van der Waals surface area contributed by atoms with Gasteiger partial charge in [0.05, 0.1) is 16.7 Å². The SMILES string of the molecule is C[C@@H]1[C@@H](C)CCC[C@@H]1n1c(SCC(=O)Nc2ccccc2)nc2ccccc2c1=O. The summed E-state index contributed by atoms with van der Waals surface area (Å²) in [5, 5.41) is 4.18. The normalized spacial score (nSPS) is 21.5. The number of amides is 1. The second-order valence-corrected chi connectivity index (χ2v) is 9.07. The van der Waals surface area contributed by atoms with E-state index >= 15 is 0 Å². The molecule has 0 spiro atoms. The molecule has 1 fully saturated rings. The molecule has 2 aromatic carbocycles. The zero-order valence-electron chi connectivity index (χ0n) is 17.4. The van der Waals surface area contributed by atoms with E-state index in [2.05, 4.69) is 19.2 Å². The fraction of sp³-hybridized carbons (Fsp3) is 0.375. The fourth-order valence-electron chi connectivity index (χ4n) is 4.29. The summed E-state index contributed by atoms with van der Waals surface area (Å²) in [6.07, 6.45) is 3.26. The molecule has 0 saturated heterocycles. The van der Waals surface area contributed by atoms with Crippen LogP contribution in [0.25, 0.3) is 10.9 Å². The van der Waals surface area contributed by atoms with Crippen LogP contribution in [0.4, 0.5) is 5.69 Å². The van der Waals surface area contributed by atoms with E-state index in [4.69, 9.17) is 4.98 Å². The molecule has 3 aromatic rings. The lowest BCUT2D eigenvalue weighted by atomic mass is 9.78. The van der Waals surface area contributed by atoms with Crippen LogP contribution in [0.5, 0.6) is 0 Å². The zero-order chi connectivity index (χ0) is 21.1. The molecule has 1 heterocycles. The minimum absolute atomic E-state index is 0.00230. The summed E-state index contributed by atoms with van der Waals surface area (Å²) < 4.78 is 1.86. The Morgan fingerprint density at radius 3 is 2.63 bits per heavy atom. The first-order valence-electron chi connectivity index (χ1n) is 10.5. The topological polar surface area (TPSA) is 64.0 Å². The maximum Gasteiger partial charge on any atom is 0.262 e. The third-order valence-electron chi connectivity index (χ3n) is 6.16. The Labute approximate surface area is 180 Å². The molecule has 4 rings (SSSR count). The molecule has 1 saturated carbocycles. The molecule has 1 amide bonds. The summed E-state index contributed by atoms with van der Waals surface area (Å²) in [4.78, 5) is 30.7. The van der Waals surface area contributed by atoms with Gasteiger partial charge in [0.2, 0.25) is 5.91 Å². The number of fused-ring (bicyclic) bond motifs is 1. The number of nitrogens with zero attached hydrogens (tertiary/aromatic N) is 2. The fourth-order valence-corrected chi connectivity index (χ4v) is 5.14. The summed E-state index contributed by atoms with van der Waals surface area (Å²) in [6, 6.07) is 17.0. The molecule has 0 aliphatic heterocycles. The number of rotatable bonds is 5. The summed E-state index contributed by atoms with van der Waals surface area (Å²) in [5.41, 5.74) is 1.44. The van der Waals surface area contributed by atoms with Crippen LogP contribution in [-0.2, 0) is 4.79 Å². The average molecular weight is 422 g/mol. The highest BCUT2D eigenvalue weighted by Crippen LogP contribution is 2.38. The van der Waals surface area contributed by atoms with E-state index in [1.54, 1.807) is 0 Å². The molecular weight excluding hydrogens is 394 g/mol. The van der Waals surface area contributed by atoms with Crippen molar-refractivity contribution in [3.8, 4) is 0 Å². The van der Waals surface area contributed by atoms with Gasteiger partial charge in [-0.3, -0.25) is 14.2 Å². The number of thioether (sulfide) groups is 1. The van der Waals surface area contributed by atoms with Crippen LogP contribution >= 0.6 is 11.8 Å². The highest BCUT2D eigenvalue weighted by Gasteiger charge is 2.31. The van der Waals surface area contributed by atoms with Gasteiger partial charge in [-0.1, -0.05) is 68.8 Å². The van der Waals surface area contributed by atoms with Gasteiger partial charge >= 0.3 is 0 Å². The van der Waals surface area contributed by atoms with Crippen molar-refractivity contribution >= 4 is 34.3 Å². The number of aromatic nitrogens is 2. The Balaban J connectivity index is 1.65. The van der Waals surface area contributed by atoms with Crippen molar-refractivity contribution in [3.05, 3.63) is 65.0 Å². The van der Waals surface area contributed by atoms with E-state index in [9.17, 15) is 9.59 Å². The van der Waals surface area contributed by atoms with Gasteiger partial charge in [0.25, 0.3) is 5.56 Å². The molecule has 1 N–H and O–H groups in total. The van der Waals surface area contributed by atoms with E-state index in [0.29, 0.717) is 27.9 Å². The van der Waals surface area contributed by atoms with Crippen molar-refractivity contribution in [2.45, 2.75) is 44.3 Å². The van der Waals surface area contributed by atoms with Gasteiger partial charge < -0.3 is 5.32 Å². The monoisotopic (exact) mass is 421 g/mol. The summed E-state index contributed by atoms with van der Waals surface area (Å²) in [7, 11) is 0. The molecule has 1 aliphatic carbocycles. The predicted octanol–water partition coefficient (Wildman–Crippen LogP) is 5.12. The number of carbonyl (C=O) groups is 1. The van der Waals surface area contributed by atoms with Gasteiger partial charge in [-0.2, -0.15) is 0 Å². The molecular formula is C24H27N3O2S. The molecule has 0 unspecified atom stereocenters. The second kappa shape index (κ2) is 9.04. The molecule has 0 radical (unpaired) electrons. The van der Waals surface area contributed by atoms with E-state index in [1.165, 1.54) is 18.2 Å². The Morgan fingerprint density at radius 1 is 1.10 bits per heavy atom. The second-order valence-electron chi connectivity index (χ2n) is 8.12. The third kappa shape index (κ3) is 4.29. The summed E-state index contributed by atoms with van der Waals surface area (Å²) >= 11 is 1.34. The Hall–Kier alpha value is -2.60. The highest BCUT2D eigenvalue weighted by atomic mass is 32.2. The number of anilines is 1. The maximum atomic E-state index is 13.4. The molecule has 0 bridgehead atoms. The minimum Gasteiger partial charge on any atom is -0.325 e. The van der Waals surface area contributed by atoms with Crippen molar-refractivity contribution in [2.24, 2.45) is 11.8 Å². The molecule has 1 aromatic heterocycles. The largest absolute Gasteiger partial charge is 0.325 e. The maximum absolute atomic E-state index is 13.4. The third-order valence-corrected chi connectivity index (χ3v) is 7.11. The van der Waals surface area contributed by atoms with Crippen molar-refractivity contribution in [2.75, 3.05) is 11.1 Å². The van der Waals surface area contributed by atoms with Crippen LogP contribution in [0.15, 0.2) is 64.5 Å². The number of para-hydroxylation sites is 2. The van der Waals surface area contributed by atoms with Crippen LogP contribution in [0.3, 0.4) is 0 Å². The first kappa shape index (κ1) is 20.7. The highest BCUT2D eigenvalue weighted by molar-refractivity contribution is 7.99. The average Bonchev–Trinajstić information content (AvgIpc) is 2.75. The van der Waals surface area contributed by atoms with E-state index in [-0.39, 0.29) is 23.3 Å². The standard InChI is InChI=1S/C24H27N3O2S/c1-16-9-8-14-21(17(16)2)27-23(29)19-12-6-7-13-20(19)26-24(27)30-15-22(28)25-18-10-4-3-5-11-18/h3-7,10-13,16-17,21H,8-9,14-15H2,1-2H3,(H,25,28)/t16-,17+,21-/m0/s1. The van der Waals surface area contributed by atoms with Gasteiger partial charge in [-0.25, -0.2) is 4.98 Å².